The highest BCUT2D eigenvalue weighted by molar-refractivity contribution is 6.03. The summed E-state index contributed by atoms with van der Waals surface area (Å²) in [6, 6.07) is 8.40. The van der Waals surface area contributed by atoms with Crippen molar-refractivity contribution in [1.29, 1.82) is 0 Å². The molecular weight excluding hydrogens is 451 g/mol. The molecule has 8 nitrogen and oxygen atoms in total. The lowest BCUT2D eigenvalue weighted by molar-refractivity contribution is -0.137. The molecule has 1 saturated heterocycles. The van der Waals surface area contributed by atoms with Gasteiger partial charge < -0.3 is 25.6 Å². The Bertz CT molecular complexity index is 990. The quantitative estimate of drug-likeness (QED) is 0.566. The van der Waals surface area contributed by atoms with Crippen molar-refractivity contribution in [2.45, 2.75) is 6.18 Å². The highest BCUT2D eigenvalue weighted by Gasteiger charge is 2.30. The summed E-state index contributed by atoms with van der Waals surface area (Å²) in [6.45, 7) is 4.19. The minimum Gasteiger partial charge on any atom is -0.379 e. The van der Waals surface area contributed by atoms with E-state index < -0.39 is 17.8 Å². The van der Waals surface area contributed by atoms with Crippen LogP contribution in [0.3, 0.4) is 0 Å². The molecule has 2 aromatic carbocycles. The van der Waals surface area contributed by atoms with Gasteiger partial charge in [-0.2, -0.15) is 13.2 Å². The molecule has 3 N–H and O–H groups in total. The van der Waals surface area contributed by atoms with Crippen LogP contribution >= 0.6 is 0 Å². The van der Waals surface area contributed by atoms with E-state index in [0.717, 1.165) is 25.2 Å². The lowest BCUT2D eigenvalue weighted by atomic mass is 10.1. The van der Waals surface area contributed by atoms with E-state index in [0.29, 0.717) is 43.2 Å². The number of rotatable bonds is 7. The Morgan fingerprint density at radius 3 is 2.24 bits per heavy atom. The van der Waals surface area contributed by atoms with E-state index >= 15 is 0 Å². The van der Waals surface area contributed by atoms with Crippen molar-refractivity contribution in [1.82, 2.24) is 10.2 Å². The van der Waals surface area contributed by atoms with Gasteiger partial charge >= 0.3 is 12.2 Å². The van der Waals surface area contributed by atoms with Crippen molar-refractivity contribution >= 4 is 29.0 Å². The molecule has 0 saturated carbocycles. The largest absolute Gasteiger partial charge is 0.416 e. The van der Waals surface area contributed by atoms with Gasteiger partial charge in [0.2, 0.25) is 0 Å². The van der Waals surface area contributed by atoms with Gasteiger partial charge in [-0.15, -0.1) is 0 Å². The highest BCUT2D eigenvalue weighted by Crippen LogP contribution is 2.30. The van der Waals surface area contributed by atoms with Gasteiger partial charge in [-0.25, -0.2) is 4.79 Å². The average molecular weight is 480 g/mol. The predicted octanol–water partition coefficient (Wildman–Crippen LogP) is 3.48. The number of halogens is 3. The summed E-state index contributed by atoms with van der Waals surface area (Å²) < 4.78 is 43.4. The van der Waals surface area contributed by atoms with Crippen LogP contribution in [-0.4, -0.2) is 70.3 Å². The maximum absolute atomic E-state index is 12.9. The zero-order chi connectivity index (χ0) is 24.7. The van der Waals surface area contributed by atoms with Crippen molar-refractivity contribution in [2.24, 2.45) is 0 Å². The van der Waals surface area contributed by atoms with Crippen LogP contribution in [0.2, 0.25) is 0 Å². The maximum atomic E-state index is 12.9. The first-order valence-corrected chi connectivity index (χ1v) is 10.8. The second-order valence-corrected chi connectivity index (χ2v) is 7.99. The van der Waals surface area contributed by atoms with Gasteiger partial charge in [0.25, 0.3) is 5.91 Å². The van der Waals surface area contributed by atoms with Gasteiger partial charge in [0.1, 0.15) is 0 Å². The first kappa shape index (κ1) is 25.3. The summed E-state index contributed by atoms with van der Waals surface area (Å²) in [5.74, 6) is -0.274. The third-order valence-corrected chi connectivity index (χ3v) is 5.27. The maximum Gasteiger partial charge on any atom is 0.416 e. The molecule has 3 amide bonds. The monoisotopic (exact) mass is 479 g/mol. The molecule has 1 heterocycles. The molecular formula is C23H28F3N5O3. The number of ether oxygens (including phenoxy) is 1. The molecule has 1 fully saturated rings. The van der Waals surface area contributed by atoms with Crippen LogP contribution in [0.4, 0.5) is 35.0 Å². The third-order valence-electron chi connectivity index (χ3n) is 5.27. The number of carbonyl (C=O) groups is 2. The van der Waals surface area contributed by atoms with Gasteiger partial charge in [0, 0.05) is 57.3 Å². The molecule has 1 aliphatic rings. The minimum atomic E-state index is -4.45. The second kappa shape index (κ2) is 11.2. The zero-order valence-electron chi connectivity index (χ0n) is 19.0. The molecule has 0 bridgehead atoms. The molecule has 0 unspecified atom stereocenters. The molecule has 3 rings (SSSR count). The van der Waals surface area contributed by atoms with Gasteiger partial charge in [-0.3, -0.25) is 9.69 Å². The summed E-state index contributed by atoms with van der Waals surface area (Å²) in [6.07, 6.45) is -4.45. The van der Waals surface area contributed by atoms with Gasteiger partial charge in [0.05, 0.1) is 24.3 Å². The minimum absolute atomic E-state index is 0.205. The van der Waals surface area contributed by atoms with Gasteiger partial charge in [-0.05, 0) is 42.5 Å². The fraction of sp³-hybridized carbons (Fsp3) is 0.391. The van der Waals surface area contributed by atoms with Crippen LogP contribution in [0.5, 0.6) is 0 Å². The van der Waals surface area contributed by atoms with E-state index in [9.17, 15) is 22.8 Å². The number of nitrogens with one attached hydrogen (secondary N) is 3. The molecule has 1 aliphatic heterocycles. The summed E-state index contributed by atoms with van der Waals surface area (Å²) in [5, 5.41) is 8.00. The predicted molar refractivity (Wildman–Crippen MR) is 124 cm³/mol. The molecule has 0 aliphatic carbocycles. The van der Waals surface area contributed by atoms with Crippen LogP contribution < -0.4 is 20.9 Å². The van der Waals surface area contributed by atoms with Crippen molar-refractivity contribution in [3.8, 4) is 0 Å². The van der Waals surface area contributed by atoms with E-state index in [1.165, 1.54) is 12.1 Å². The molecule has 184 valence electrons. The summed E-state index contributed by atoms with van der Waals surface area (Å²) in [7, 11) is 3.62. The van der Waals surface area contributed by atoms with E-state index in [4.69, 9.17) is 4.74 Å². The molecule has 0 spiro atoms. The fourth-order valence-electron chi connectivity index (χ4n) is 3.47. The number of urea groups is 1. The van der Waals surface area contributed by atoms with Crippen LogP contribution in [0.1, 0.15) is 15.9 Å². The lowest BCUT2D eigenvalue weighted by Crippen LogP contribution is -2.41. The molecule has 0 aromatic heterocycles. The SMILES string of the molecule is CN(C)c1ccc(NC(=O)Nc2ccc(C(F)(F)F)cc2)cc1C(=O)NCCN1CCOCC1. The van der Waals surface area contributed by atoms with E-state index in [1.54, 1.807) is 23.1 Å². The number of morpholine rings is 1. The number of alkyl halides is 3. The van der Waals surface area contributed by atoms with Crippen molar-refractivity contribution in [2.75, 3.05) is 69.0 Å². The Balaban J connectivity index is 1.62. The fourth-order valence-corrected chi connectivity index (χ4v) is 3.47. The average Bonchev–Trinajstić information content (AvgIpc) is 2.79. The van der Waals surface area contributed by atoms with Crippen LogP contribution in [0.25, 0.3) is 0 Å². The van der Waals surface area contributed by atoms with Crippen molar-refractivity contribution in [3.05, 3.63) is 53.6 Å². The second-order valence-electron chi connectivity index (χ2n) is 7.99. The summed E-state index contributed by atoms with van der Waals surface area (Å²) in [4.78, 5) is 29.2. The van der Waals surface area contributed by atoms with Crippen LogP contribution in [0, 0.1) is 0 Å². The van der Waals surface area contributed by atoms with Gasteiger partial charge in [0.15, 0.2) is 0 Å². The van der Waals surface area contributed by atoms with Crippen LogP contribution in [-0.2, 0) is 10.9 Å². The Kier molecular flexibility index (Phi) is 8.35. The number of carbonyl (C=O) groups excluding carboxylic acids is 2. The Hall–Kier alpha value is -3.31. The summed E-state index contributed by atoms with van der Waals surface area (Å²) >= 11 is 0. The topological polar surface area (TPSA) is 85.9 Å². The van der Waals surface area contributed by atoms with Gasteiger partial charge in [-0.1, -0.05) is 0 Å². The number of hydrogen-bond acceptors (Lipinski definition) is 5. The number of benzene rings is 2. The third kappa shape index (κ3) is 7.09. The molecule has 34 heavy (non-hydrogen) atoms. The van der Waals surface area contributed by atoms with Crippen molar-refractivity contribution < 1.29 is 27.5 Å². The molecule has 0 radical (unpaired) electrons. The standard InChI is InChI=1S/C23H28F3N5O3/c1-30(2)20-8-7-18(15-19(20)21(32)27-9-10-31-11-13-34-14-12-31)29-22(33)28-17-5-3-16(4-6-17)23(24,25)26/h3-8,15H,9-14H2,1-2H3,(H,27,32)(H2,28,29,33). The smallest absolute Gasteiger partial charge is 0.379 e. The lowest BCUT2D eigenvalue weighted by Gasteiger charge is -2.26. The molecule has 2 aromatic rings. The number of anilines is 3. The van der Waals surface area contributed by atoms with E-state index in [-0.39, 0.29) is 11.6 Å². The first-order valence-electron chi connectivity index (χ1n) is 10.8. The Labute approximate surface area is 196 Å². The number of amides is 3. The molecule has 11 heteroatoms. The molecule has 0 atom stereocenters. The normalized spacial score (nSPS) is 14.4. The highest BCUT2D eigenvalue weighted by atomic mass is 19.4. The van der Waals surface area contributed by atoms with E-state index in [2.05, 4.69) is 20.9 Å². The first-order chi connectivity index (χ1) is 16.1. The van der Waals surface area contributed by atoms with Crippen molar-refractivity contribution in [3.63, 3.8) is 0 Å². The van der Waals surface area contributed by atoms with E-state index in [1.807, 2.05) is 14.1 Å². The Morgan fingerprint density at radius 2 is 1.62 bits per heavy atom. The summed E-state index contributed by atoms with van der Waals surface area (Å²) in [5.41, 5.74) is 0.837. The van der Waals surface area contributed by atoms with Crippen LogP contribution in [0.15, 0.2) is 42.5 Å². The number of hydrogen-bond donors (Lipinski definition) is 3. The number of nitrogens with zero attached hydrogens (tertiary/aromatic N) is 2. The zero-order valence-corrected chi connectivity index (χ0v) is 19.0. The Morgan fingerprint density at radius 1 is 1.00 bits per heavy atom.